The van der Waals surface area contributed by atoms with Crippen molar-refractivity contribution in [2.24, 2.45) is 0 Å². The van der Waals surface area contributed by atoms with Crippen LogP contribution < -0.4 is 10.6 Å². The summed E-state index contributed by atoms with van der Waals surface area (Å²) < 4.78 is 0. The Bertz CT molecular complexity index is 536. The normalized spacial score (nSPS) is 19.0. The van der Waals surface area contributed by atoms with Crippen LogP contribution in [0.3, 0.4) is 0 Å². The third-order valence-corrected chi connectivity index (χ3v) is 3.42. The summed E-state index contributed by atoms with van der Waals surface area (Å²) in [5, 5.41) is 8.31. The molecular weight excluding hydrogens is 210 g/mol. The van der Waals surface area contributed by atoms with Gasteiger partial charge in [0.25, 0.3) is 0 Å². The van der Waals surface area contributed by atoms with Gasteiger partial charge in [-0.3, -0.25) is 4.98 Å². The largest absolute Gasteiger partial charge is 0.382 e. The first-order chi connectivity index (χ1) is 8.38. The summed E-state index contributed by atoms with van der Waals surface area (Å²) in [5.74, 6) is 0. The van der Waals surface area contributed by atoms with E-state index < -0.39 is 0 Å². The molecule has 3 heteroatoms. The van der Waals surface area contributed by atoms with Crippen LogP contribution in [0.25, 0.3) is 10.9 Å². The quantitative estimate of drug-likeness (QED) is 0.785. The van der Waals surface area contributed by atoms with E-state index in [1.165, 1.54) is 11.1 Å². The van der Waals surface area contributed by atoms with Crippen LogP contribution in [0.15, 0.2) is 30.5 Å². The Kier molecular flexibility index (Phi) is 2.59. The zero-order valence-electron chi connectivity index (χ0n) is 10.0. The molecule has 0 radical (unpaired) electrons. The number of fused-ring (bicyclic) bond motifs is 3. The fourth-order valence-corrected chi connectivity index (χ4v) is 2.39. The van der Waals surface area contributed by atoms with E-state index in [0.29, 0.717) is 6.04 Å². The Morgan fingerprint density at radius 3 is 3.12 bits per heavy atom. The summed E-state index contributed by atoms with van der Waals surface area (Å²) in [4.78, 5) is 4.48. The SMILES string of the molecule is CCC1CCNc2cnc3ccccc3c2N1. The highest BCUT2D eigenvalue weighted by Gasteiger charge is 2.16. The monoisotopic (exact) mass is 227 g/mol. The average Bonchev–Trinajstić information content (AvgIpc) is 2.60. The topological polar surface area (TPSA) is 37.0 Å². The Hall–Kier alpha value is -1.77. The molecule has 1 aliphatic rings. The third kappa shape index (κ3) is 1.82. The van der Waals surface area contributed by atoms with Gasteiger partial charge in [0.05, 0.1) is 23.1 Å². The maximum absolute atomic E-state index is 4.48. The molecule has 1 unspecified atom stereocenters. The highest BCUT2D eigenvalue weighted by Crippen LogP contribution is 2.32. The van der Waals surface area contributed by atoms with Crippen molar-refractivity contribution < 1.29 is 0 Å². The van der Waals surface area contributed by atoms with Crippen molar-refractivity contribution in [2.45, 2.75) is 25.8 Å². The van der Waals surface area contributed by atoms with Gasteiger partial charge in [0.2, 0.25) is 0 Å². The number of nitrogens with one attached hydrogen (secondary N) is 2. The molecule has 1 aromatic heterocycles. The lowest BCUT2D eigenvalue weighted by Gasteiger charge is -2.16. The van der Waals surface area contributed by atoms with Crippen LogP contribution in [0.1, 0.15) is 19.8 Å². The molecule has 1 aromatic carbocycles. The number of hydrogen-bond acceptors (Lipinski definition) is 3. The van der Waals surface area contributed by atoms with Crippen LogP contribution in [-0.2, 0) is 0 Å². The molecule has 0 fully saturated rings. The molecule has 2 N–H and O–H groups in total. The molecule has 0 bridgehead atoms. The first kappa shape index (κ1) is 10.4. The van der Waals surface area contributed by atoms with Gasteiger partial charge in [-0.1, -0.05) is 25.1 Å². The van der Waals surface area contributed by atoms with Crippen LogP contribution in [0, 0.1) is 0 Å². The van der Waals surface area contributed by atoms with Gasteiger partial charge in [-0.25, -0.2) is 0 Å². The smallest absolute Gasteiger partial charge is 0.0769 e. The second kappa shape index (κ2) is 4.24. The van der Waals surface area contributed by atoms with Crippen molar-refractivity contribution in [1.82, 2.24) is 4.98 Å². The lowest BCUT2D eigenvalue weighted by Crippen LogP contribution is -2.18. The Balaban J connectivity index is 2.16. The van der Waals surface area contributed by atoms with E-state index in [1.54, 1.807) is 0 Å². The summed E-state index contributed by atoms with van der Waals surface area (Å²) in [6.45, 7) is 3.24. The molecule has 0 spiro atoms. The highest BCUT2D eigenvalue weighted by molar-refractivity contribution is 5.97. The minimum Gasteiger partial charge on any atom is -0.382 e. The molecule has 0 amide bonds. The van der Waals surface area contributed by atoms with E-state index in [2.05, 4.69) is 40.7 Å². The molecular formula is C14H17N3. The van der Waals surface area contributed by atoms with E-state index in [0.717, 1.165) is 30.6 Å². The Morgan fingerprint density at radius 2 is 2.24 bits per heavy atom. The van der Waals surface area contributed by atoms with Crippen LogP contribution in [-0.4, -0.2) is 17.6 Å². The number of pyridine rings is 1. The Labute approximate surface area is 101 Å². The molecule has 3 nitrogen and oxygen atoms in total. The van der Waals surface area contributed by atoms with Gasteiger partial charge in [-0.15, -0.1) is 0 Å². The van der Waals surface area contributed by atoms with Crippen LogP contribution in [0.5, 0.6) is 0 Å². The molecule has 88 valence electrons. The second-order valence-corrected chi connectivity index (χ2v) is 4.53. The summed E-state index contributed by atoms with van der Waals surface area (Å²) in [6.07, 6.45) is 4.24. The lowest BCUT2D eigenvalue weighted by atomic mass is 10.1. The van der Waals surface area contributed by atoms with Crippen LogP contribution >= 0.6 is 0 Å². The van der Waals surface area contributed by atoms with Crippen molar-refractivity contribution in [3.8, 4) is 0 Å². The summed E-state index contributed by atoms with van der Waals surface area (Å²) in [7, 11) is 0. The van der Waals surface area contributed by atoms with Crippen molar-refractivity contribution in [2.75, 3.05) is 17.2 Å². The number of hydrogen-bond donors (Lipinski definition) is 2. The molecule has 2 heterocycles. The van der Waals surface area contributed by atoms with Crippen LogP contribution in [0.4, 0.5) is 11.4 Å². The fourth-order valence-electron chi connectivity index (χ4n) is 2.39. The fraction of sp³-hybridized carbons (Fsp3) is 0.357. The van der Waals surface area contributed by atoms with E-state index in [9.17, 15) is 0 Å². The van der Waals surface area contributed by atoms with Crippen molar-refractivity contribution in [1.29, 1.82) is 0 Å². The number of para-hydroxylation sites is 1. The first-order valence-corrected chi connectivity index (χ1v) is 6.26. The Morgan fingerprint density at radius 1 is 1.35 bits per heavy atom. The summed E-state index contributed by atoms with van der Waals surface area (Å²) in [6, 6.07) is 8.84. The number of anilines is 2. The molecule has 0 saturated carbocycles. The summed E-state index contributed by atoms with van der Waals surface area (Å²) >= 11 is 0. The number of rotatable bonds is 1. The first-order valence-electron chi connectivity index (χ1n) is 6.26. The molecule has 3 rings (SSSR count). The number of nitrogens with zero attached hydrogens (tertiary/aromatic N) is 1. The molecule has 2 aromatic rings. The zero-order chi connectivity index (χ0) is 11.7. The minimum absolute atomic E-state index is 0.551. The minimum atomic E-state index is 0.551. The van der Waals surface area contributed by atoms with Gasteiger partial charge in [0.1, 0.15) is 0 Å². The zero-order valence-corrected chi connectivity index (χ0v) is 10.0. The molecule has 0 aliphatic carbocycles. The number of aromatic nitrogens is 1. The average molecular weight is 227 g/mol. The third-order valence-electron chi connectivity index (χ3n) is 3.42. The lowest BCUT2D eigenvalue weighted by molar-refractivity contribution is 0.661. The van der Waals surface area contributed by atoms with Gasteiger partial charge in [0.15, 0.2) is 0 Å². The van der Waals surface area contributed by atoms with E-state index in [4.69, 9.17) is 0 Å². The molecule has 1 atom stereocenters. The van der Waals surface area contributed by atoms with E-state index in [-0.39, 0.29) is 0 Å². The predicted octanol–water partition coefficient (Wildman–Crippen LogP) is 3.24. The predicted molar refractivity (Wildman–Crippen MR) is 72.6 cm³/mol. The van der Waals surface area contributed by atoms with Gasteiger partial charge >= 0.3 is 0 Å². The number of benzene rings is 1. The van der Waals surface area contributed by atoms with E-state index in [1.807, 2.05) is 12.3 Å². The van der Waals surface area contributed by atoms with Gasteiger partial charge < -0.3 is 10.6 Å². The molecule has 17 heavy (non-hydrogen) atoms. The summed E-state index contributed by atoms with van der Waals surface area (Å²) in [5.41, 5.74) is 3.39. The van der Waals surface area contributed by atoms with Crippen LogP contribution in [0.2, 0.25) is 0 Å². The molecule has 1 aliphatic heterocycles. The standard InChI is InChI=1S/C14H17N3/c1-2-10-7-8-15-13-9-16-12-6-4-3-5-11(12)14(13)17-10/h3-6,9-10,15,17H,2,7-8H2,1H3. The van der Waals surface area contributed by atoms with E-state index >= 15 is 0 Å². The van der Waals surface area contributed by atoms with Gasteiger partial charge in [-0.05, 0) is 18.9 Å². The second-order valence-electron chi connectivity index (χ2n) is 4.53. The maximum Gasteiger partial charge on any atom is 0.0769 e. The maximum atomic E-state index is 4.48. The van der Waals surface area contributed by atoms with Crippen molar-refractivity contribution >= 4 is 22.3 Å². The van der Waals surface area contributed by atoms with Crippen molar-refractivity contribution in [3.63, 3.8) is 0 Å². The van der Waals surface area contributed by atoms with Gasteiger partial charge in [-0.2, -0.15) is 0 Å². The highest BCUT2D eigenvalue weighted by atomic mass is 15.0. The van der Waals surface area contributed by atoms with Crippen molar-refractivity contribution in [3.05, 3.63) is 30.5 Å². The molecule has 0 saturated heterocycles. The van der Waals surface area contributed by atoms with Gasteiger partial charge in [0, 0.05) is 18.0 Å².